The van der Waals surface area contributed by atoms with Crippen LogP contribution in [0.5, 0.6) is 0 Å². The summed E-state index contributed by atoms with van der Waals surface area (Å²) in [5.41, 5.74) is 6.35. The van der Waals surface area contributed by atoms with Crippen LogP contribution in [0.1, 0.15) is 0 Å². The molecule has 0 heterocycles. The minimum Gasteiger partial charge on any atom is -0.350 e. The number of hydrogen-bond donors (Lipinski definition) is 4. The van der Waals surface area contributed by atoms with Crippen molar-refractivity contribution in [2.24, 2.45) is 5.73 Å². The van der Waals surface area contributed by atoms with Crippen molar-refractivity contribution in [3.05, 3.63) is 0 Å². The number of nitrogens with two attached hydrogens (primary N) is 1. The number of primary amides is 1. The van der Waals surface area contributed by atoms with Crippen molar-refractivity contribution in [2.45, 2.75) is 0 Å². The molecule has 0 aromatic rings. The van der Waals surface area contributed by atoms with Crippen molar-refractivity contribution >= 4 is 24.8 Å². The van der Waals surface area contributed by atoms with Gasteiger partial charge in [0.15, 0.2) is 6.61 Å². The number of thiol groups is 1. The number of rotatable bonds is 3. The van der Waals surface area contributed by atoms with Gasteiger partial charge in [-0.3, -0.25) is 9.63 Å². The monoisotopic (exact) mass is 165 g/mol. The third-order valence-corrected chi connectivity index (χ3v) is 0.750. The van der Waals surface area contributed by atoms with Crippen molar-refractivity contribution in [3.63, 3.8) is 0 Å². The summed E-state index contributed by atoms with van der Waals surface area (Å²) in [5.74, 6) is -0.475. The van der Waals surface area contributed by atoms with Crippen LogP contribution in [-0.4, -0.2) is 18.5 Å². The van der Waals surface area contributed by atoms with E-state index in [1.165, 1.54) is 0 Å². The van der Waals surface area contributed by atoms with Gasteiger partial charge in [-0.1, -0.05) is 12.8 Å². The molecule has 0 unspecified atom stereocenters. The number of urea groups is 1. The molecule has 10 heavy (non-hydrogen) atoms. The normalized spacial score (nSPS) is 8.50. The molecule has 0 aliphatic carbocycles. The lowest BCUT2D eigenvalue weighted by Gasteiger charge is -1.99. The lowest BCUT2D eigenvalue weighted by atomic mass is 10.7. The van der Waals surface area contributed by atoms with Crippen molar-refractivity contribution in [1.82, 2.24) is 10.2 Å². The third kappa shape index (κ3) is 5.19. The van der Waals surface area contributed by atoms with E-state index in [0.29, 0.717) is 0 Å². The number of carbonyl (C=O) groups excluding carboxylic acids is 2. The van der Waals surface area contributed by atoms with Gasteiger partial charge in [-0.25, -0.2) is 10.3 Å². The molecule has 0 aliphatic heterocycles. The standard InChI is InChI=1S/C3H7N3O3S/c4-3(8)5-9-1-2(7)6-10/h10H,1H2,(H,6,7)(H3,4,5,8). The Hall–Kier alpha value is -0.950. The Morgan fingerprint density at radius 1 is 1.60 bits per heavy atom. The van der Waals surface area contributed by atoms with Gasteiger partial charge < -0.3 is 10.5 Å². The number of carbonyl (C=O) groups is 2. The summed E-state index contributed by atoms with van der Waals surface area (Å²) in [6.07, 6.45) is 0. The molecule has 6 nitrogen and oxygen atoms in total. The zero-order valence-electron chi connectivity index (χ0n) is 4.96. The molecule has 0 spiro atoms. The van der Waals surface area contributed by atoms with E-state index in [-0.39, 0.29) is 6.61 Å². The van der Waals surface area contributed by atoms with Crippen LogP contribution in [-0.2, 0) is 9.63 Å². The first kappa shape index (κ1) is 9.05. The van der Waals surface area contributed by atoms with Gasteiger partial charge in [0.2, 0.25) is 0 Å². The van der Waals surface area contributed by atoms with Crippen LogP contribution in [0.3, 0.4) is 0 Å². The minimum absolute atomic E-state index is 0.313. The third-order valence-electron chi connectivity index (χ3n) is 0.501. The maximum absolute atomic E-state index is 10.3. The molecular formula is C3H7N3O3S. The maximum Gasteiger partial charge on any atom is 0.336 e. The molecule has 4 N–H and O–H groups in total. The molecule has 58 valence electrons. The van der Waals surface area contributed by atoms with Crippen LogP contribution in [0.25, 0.3) is 0 Å². The summed E-state index contributed by atoms with van der Waals surface area (Å²) in [7, 11) is 0. The van der Waals surface area contributed by atoms with Crippen LogP contribution in [0.2, 0.25) is 0 Å². The van der Waals surface area contributed by atoms with Crippen LogP contribution in [0, 0.1) is 0 Å². The highest BCUT2D eigenvalue weighted by Crippen LogP contribution is 1.70. The Labute approximate surface area is 62.6 Å². The van der Waals surface area contributed by atoms with Crippen molar-refractivity contribution in [1.29, 1.82) is 0 Å². The van der Waals surface area contributed by atoms with Crippen LogP contribution in [0.15, 0.2) is 0 Å². The van der Waals surface area contributed by atoms with Gasteiger partial charge in [0.25, 0.3) is 5.91 Å². The molecule has 0 aromatic heterocycles. The zero-order valence-corrected chi connectivity index (χ0v) is 5.85. The highest BCUT2D eigenvalue weighted by Gasteiger charge is 1.97. The fraction of sp³-hybridized carbons (Fsp3) is 0.333. The van der Waals surface area contributed by atoms with Crippen LogP contribution >= 0.6 is 12.8 Å². The molecule has 3 amide bonds. The van der Waals surface area contributed by atoms with Crippen molar-refractivity contribution in [2.75, 3.05) is 6.61 Å². The summed E-state index contributed by atoms with van der Waals surface area (Å²) in [4.78, 5) is 24.5. The number of amides is 3. The van der Waals surface area contributed by atoms with Gasteiger partial charge in [0, 0.05) is 0 Å². The van der Waals surface area contributed by atoms with Gasteiger partial charge >= 0.3 is 6.03 Å². The zero-order chi connectivity index (χ0) is 7.98. The lowest BCUT2D eigenvalue weighted by Crippen LogP contribution is -2.33. The second-order valence-corrected chi connectivity index (χ2v) is 1.51. The van der Waals surface area contributed by atoms with E-state index in [1.807, 2.05) is 4.72 Å². The van der Waals surface area contributed by atoms with E-state index in [4.69, 9.17) is 0 Å². The Bertz CT molecular complexity index is 139. The summed E-state index contributed by atoms with van der Waals surface area (Å²) in [6.45, 7) is -0.313. The van der Waals surface area contributed by atoms with Crippen molar-refractivity contribution in [3.8, 4) is 0 Å². The number of hydroxylamine groups is 1. The Morgan fingerprint density at radius 3 is 2.60 bits per heavy atom. The fourth-order valence-corrected chi connectivity index (χ4v) is 0.270. The van der Waals surface area contributed by atoms with E-state index >= 15 is 0 Å². The van der Waals surface area contributed by atoms with Crippen molar-refractivity contribution < 1.29 is 14.4 Å². The molecule has 0 fully saturated rings. The molecule has 0 saturated heterocycles. The Balaban J connectivity index is 3.20. The van der Waals surface area contributed by atoms with Crippen LogP contribution in [0.4, 0.5) is 4.79 Å². The average Bonchev–Trinajstić information content (AvgIpc) is 1.87. The first-order chi connectivity index (χ1) is 4.66. The fourth-order valence-electron chi connectivity index (χ4n) is 0.205. The molecule has 0 atom stereocenters. The van der Waals surface area contributed by atoms with Gasteiger partial charge in [0.05, 0.1) is 0 Å². The summed E-state index contributed by atoms with van der Waals surface area (Å²) >= 11 is 3.42. The Kier molecular flexibility index (Phi) is 4.42. The molecule has 7 heteroatoms. The van der Waals surface area contributed by atoms with Gasteiger partial charge in [-0.15, -0.1) is 0 Å². The van der Waals surface area contributed by atoms with E-state index in [0.717, 1.165) is 0 Å². The predicted molar refractivity (Wildman–Crippen MR) is 35.8 cm³/mol. The van der Waals surface area contributed by atoms with E-state index in [2.05, 4.69) is 23.4 Å². The minimum atomic E-state index is -0.855. The number of hydrogen-bond acceptors (Lipinski definition) is 4. The molecule has 0 aliphatic rings. The second kappa shape index (κ2) is 4.89. The molecule has 0 radical (unpaired) electrons. The quantitative estimate of drug-likeness (QED) is 0.304. The molecule has 0 rings (SSSR count). The number of nitrogens with one attached hydrogen (secondary N) is 2. The first-order valence-corrected chi connectivity index (χ1v) is 2.71. The lowest BCUT2D eigenvalue weighted by molar-refractivity contribution is -0.125. The first-order valence-electron chi connectivity index (χ1n) is 2.27. The smallest absolute Gasteiger partial charge is 0.336 e. The summed E-state index contributed by atoms with van der Waals surface area (Å²) < 4.78 is 1.98. The highest BCUT2D eigenvalue weighted by atomic mass is 32.1. The van der Waals surface area contributed by atoms with Crippen LogP contribution < -0.4 is 15.9 Å². The van der Waals surface area contributed by atoms with E-state index < -0.39 is 11.9 Å². The second-order valence-electron chi connectivity index (χ2n) is 1.29. The Morgan fingerprint density at radius 2 is 2.20 bits per heavy atom. The topological polar surface area (TPSA) is 93.5 Å². The van der Waals surface area contributed by atoms with E-state index in [1.54, 1.807) is 5.48 Å². The summed E-state index contributed by atoms with van der Waals surface area (Å²) in [6, 6.07) is -0.855. The molecule has 0 saturated carbocycles. The average molecular weight is 165 g/mol. The largest absolute Gasteiger partial charge is 0.350 e. The van der Waals surface area contributed by atoms with Gasteiger partial charge in [-0.2, -0.15) is 0 Å². The predicted octanol–water partition coefficient (Wildman–Crippen LogP) is -1.45. The molecule has 0 aromatic carbocycles. The highest BCUT2D eigenvalue weighted by molar-refractivity contribution is 7.78. The maximum atomic E-state index is 10.3. The van der Waals surface area contributed by atoms with Gasteiger partial charge in [0.1, 0.15) is 0 Å². The van der Waals surface area contributed by atoms with E-state index in [9.17, 15) is 9.59 Å². The summed E-state index contributed by atoms with van der Waals surface area (Å²) in [5, 5.41) is 0. The van der Waals surface area contributed by atoms with Gasteiger partial charge in [-0.05, 0) is 0 Å². The molecule has 0 bridgehead atoms. The SMILES string of the molecule is NC(=O)NOCC(=O)NS. The molecular weight excluding hydrogens is 158 g/mol.